The number of aromatic nitrogens is 1. The van der Waals surface area contributed by atoms with Crippen molar-refractivity contribution in [2.75, 3.05) is 0 Å². The van der Waals surface area contributed by atoms with E-state index in [-0.39, 0.29) is 6.10 Å². The third-order valence-electron chi connectivity index (χ3n) is 1.59. The molecule has 2 N–H and O–H groups in total. The highest BCUT2D eigenvalue weighted by atomic mass is 16.6. The average Bonchev–Trinajstić information content (AvgIpc) is 2.03. The van der Waals surface area contributed by atoms with Gasteiger partial charge in [0, 0.05) is 11.9 Å². The Balaban J connectivity index is 2.86. The van der Waals surface area contributed by atoms with Crippen LogP contribution in [0.5, 0.6) is 0 Å². The zero-order valence-corrected chi connectivity index (χ0v) is 6.74. The molecule has 0 bridgehead atoms. The quantitative estimate of drug-likeness (QED) is 0.650. The summed E-state index contributed by atoms with van der Waals surface area (Å²) in [5.41, 5.74) is 2.03. The normalized spacial score (nSPS) is 13.0. The van der Waals surface area contributed by atoms with Crippen molar-refractivity contribution in [1.82, 2.24) is 4.98 Å². The molecule has 1 aromatic heterocycles. The van der Waals surface area contributed by atoms with Gasteiger partial charge in [-0.05, 0) is 31.5 Å². The summed E-state index contributed by atoms with van der Waals surface area (Å²) in [7, 11) is 0. The van der Waals surface area contributed by atoms with Crippen molar-refractivity contribution in [1.29, 1.82) is 0 Å². The second kappa shape index (κ2) is 3.46. The fourth-order valence-corrected chi connectivity index (χ4v) is 0.899. The third-order valence-corrected chi connectivity index (χ3v) is 1.59. The summed E-state index contributed by atoms with van der Waals surface area (Å²) >= 11 is 0. The summed E-state index contributed by atoms with van der Waals surface area (Å²) in [5, 5.41) is 0. The molecule has 0 amide bonds. The molecule has 0 spiro atoms. The van der Waals surface area contributed by atoms with E-state index in [0.29, 0.717) is 0 Å². The molecular weight excluding hydrogens is 140 g/mol. The predicted octanol–water partition coefficient (Wildman–Crippen LogP) is 1.34. The van der Waals surface area contributed by atoms with Crippen LogP contribution in [0.3, 0.4) is 0 Å². The van der Waals surface area contributed by atoms with Crippen LogP contribution in [0, 0.1) is 6.92 Å². The second-order valence-corrected chi connectivity index (χ2v) is 2.51. The molecule has 0 fully saturated rings. The van der Waals surface area contributed by atoms with Crippen molar-refractivity contribution in [3.63, 3.8) is 0 Å². The molecule has 60 valence electrons. The number of hydrogen-bond acceptors (Lipinski definition) is 3. The molecule has 0 aliphatic carbocycles. The fraction of sp³-hybridized carbons (Fsp3) is 0.375. The van der Waals surface area contributed by atoms with Gasteiger partial charge in [-0.2, -0.15) is 0 Å². The lowest BCUT2D eigenvalue weighted by Gasteiger charge is -2.08. The lowest BCUT2D eigenvalue weighted by molar-refractivity contribution is 0.0663. The maximum Gasteiger partial charge on any atom is 0.101 e. The maximum atomic E-state index is 5.03. The van der Waals surface area contributed by atoms with E-state index in [9.17, 15) is 0 Å². The van der Waals surface area contributed by atoms with E-state index in [0.717, 1.165) is 11.3 Å². The lowest BCUT2D eigenvalue weighted by Crippen LogP contribution is -2.05. The number of aryl methyl sites for hydroxylation is 1. The number of rotatable bonds is 2. The summed E-state index contributed by atoms with van der Waals surface area (Å²) < 4.78 is 0. The number of nitrogens with two attached hydrogens (primary N) is 1. The molecule has 1 aromatic rings. The SMILES string of the molecule is Cc1cc(C(C)ON)ccn1. The summed E-state index contributed by atoms with van der Waals surface area (Å²) in [4.78, 5) is 8.72. The van der Waals surface area contributed by atoms with Gasteiger partial charge in [0.25, 0.3) is 0 Å². The van der Waals surface area contributed by atoms with Gasteiger partial charge in [0.15, 0.2) is 0 Å². The van der Waals surface area contributed by atoms with Crippen LogP contribution in [0.2, 0.25) is 0 Å². The van der Waals surface area contributed by atoms with E-state index in [4.69, 9.17) is 5.90 Å². The van der Waals surface area contributed by atoms with Crippen LogP contribution in [0.25, 0.3) is 0 Å². The van der Waals surface area contributed by atoms with Crippen molar-refractivity contribution >= 4 is 0 Å². The van der Waals surface area contributed by atoms with E-state index in [1.807, 2.05) is 26.0 Å². The first kappa shape index (κ1) is 8.17. The van der Waals surface area contributed by atoms with Crippen molar-refractivity contribution in [3.8, 4) is 0 Å². The molecule has 0 aliphatic heterocycles. The molecule has 1 atom stereocenters. The number of hydrogen-bond donors (Lipinski definition) is 1. The molecule has 11 heavy (non-hydrogen) atoms. The summed E-state index contributed by atoms with van der Waals surface area (Å²) in [6, 6.07) is 3.85. The first-order chi connectivity index (χ1) is 5.24. The van der Waals surface area contributed by atoms with Gasteiger partial charge < -0.3 is 0 Å². The van der Waals surface area contributed by atoms with Crippen LogP contribution in [-0.2, 0) is 4.84 Å². The van der Waals surface area contributed by atoms with Gasteiger partial charge in [0.1, 0.15) is 6.10 Å². The zero-order chi connectivity index (χ0) is 8.27. The van der Waals surface area contributed by atoms with Gasteiger partial charge in [-0.15, -0.1) is 0 Å². The first-order valence-electron chi connectivity index (χ1n) is 3.52. The monoisotopic (exact) mass is 152 g/mol. The van der Waals surface area contributed by atoms with Crippen molar-refractivity contribution in [2.24, 2.45) is 5.90 Å². The third kappa shape index (κ3) is 2.00. The highest BCUT2D eigenvalue weighted by Gasteiger charge is 2.02. The van der Waals surface area contributed by atoms with Gasteiger partial charge in [-0.1, -0.05) is 0 Å². The molecule has 1 unspecified atom stereocenters. The van der Waals surface area contributed by atoms with E-state index in [1.165, 1.54) is 0 Å². The highest BCUT2D eigenvalue weighted by Crippen LogP contribution is 2.13. The van der Waals surface area contributed by atoms with Crippen LogP contribution in [0.15, 0.2) is 18.3 Å². The van der Waals surface area contributed by atoms with Gasteiger partial charge in [-0.3, -0.25) is 9.82 Å². The van der Waals surface area contributed by atoms with Gasteiger partial charge >= 0.3 is 0 Å². The maximum absolute atomic E-state index is 5.03. The van der Waals surface area contributed by atoms with Crippen LogP contribution < -0.4 is 5.90 Å². The zero-order valence-electron chi connectivity index (χ0n) is 6.74. The van der Waals surface area contributed by atoms with E-state index in [2.05, 4.69) is 9.82 Å². The van der Waals surface area contributed by atoms with Gasteiger partial charge in [0.2, 0.25) is 0 Å². The van der Waals surface area contributed by atoms with Crippen molar-refractivity contribution < 1.29 is 4.84 Å². The molecule has 3 heteroatoms. The van der Waals surface area contributed by atoms with E-state index < -0.39 is 0 Å². The molecule has 0 saturated heterocycles. The fourth-order valence-electron chi connectivity index (χ4n) is 0.899. The molecule has 0 radical (unpaired) electrons. The smallest absolute Gasteiger partial charge is 0.101 e. The molecule has 0 aromatic carbocycles. The van der Waals surface area contributed by atoms with E-state index in [1.54, 1.807) is 6.20 Å². The van der Waals surface area contributed by atoms with Crippen molar-refractivity contribution in [3.05, 3.63) is 29.6 Å². The lowest BCUT2D eigenvalue weighted by atomic mass is 10.1. The number of nitrogens with zero attached hydrogens (tertiary/aromatic N) is 1. The largest absolute Gasteiger partial charge is 0.297 e. The Hall–Kier alpha value is -0.930. The second-order valence-electron chi connectivity index (χ2n) is 2.51. The Kier molecular flexibility index (Phi) is 2.57. The Morgan fingerprint density at radius 1 is 1.64 bits per heavy atom. The minimum atomic E-state index is -0.0586. The predicted molar refractivity (Wildman–Crippen MR) is 42.7 cm³/mol. The van der Waals surface area contributed by atoms with E-state index >= 15 is 0 Å². The number of pyridine rings is 1. The minimum Gasteiger partial charge on any atom is -0.297 e. The van der Waals surface area contributed by atoms with Crippen LogP contribution in [-0.4, -0.2) is 4.98 Å². The summed E-state index contributed by atoms with van der Waals surface area (Å²) in [6.07, 6.45) is 1.69. The summed E-state index contributed by atoms with van der Waals surface area (Å²) in [5.74, 6) is 5.03. The Morgan fingerprint density at radius 3 is 2.91 bits per heavy atom. The average molecular weight is 152 g/mol. The molecule has 3 nitrogen and oxygen atoms in total. The standard InChI is InChI=1S/C8H12N2O/c1-6-5-8(3-4-10-6)7(2)11-9/h3-5,7H,9H2,1-2H3. The van der Waals surface area contributed by atoms with Gasteiger partial charge in [-0.25, -0.2) is 5.90 Å². The first-order valence-corrected chi connectivity index (χ1v) is 3.52. The molecule has 1 heterocycles. The highest BCUT2D eigenvalue weighted by molar-refractivity contribution is 5.17. The molecule has 0 aliphatic rings. The van der Waals surface area contributed by atoms with Crippen LogP contribution in [0.4, 0.5) is 0 Å². The van der Waals surface area contributed by atoms with Crippen LogP contribution >= 0.6 is 0 Å². The van der Waals surface area contributed by atoms with Gasteiger partial charge in [0.05, 0.1) is 0 Å². The topological polar surface area (TPSA) is 48.1 Å². The van der Waals surface area contributed by atoms with Crippen LogP contribution in [0.1, 0.15) is 24.3 Å². The Morgan fingerprint density at radius 2 is 2.36 bits per heavy atom. The molecular formula is C8H12N2O. The molecule has 1 rings (SSSR count). The Bertz CT molecular complexity index is 237. The summed E-state index contributed by atoms with van der Waals surface area (Å²) in [6.45, 7) is 3.83. The van der Waals surface area contributed by atoms with Crippen molar-refractivity contribution in [2.45, 2.75) is 20.0 Å². The Labute approximate surface area is 66.2 Å². The molecule has 0 saturated carbocycles. The minimum absolute atomic E-state index is 0.0586.